The van der Waals surface area contributed by atoms with Crippen LogP contribution in [0.3, 0.4) is 0 Å². The van der Waals surface area contributed by atoms with E-state index in [4.69, 9.17) is 0 Å². The van der Waals surface area contributed by atoms with Crippen LogP contribution in [0.15, 0.2) is 0 Å². The number of amides is 1. The van der Waals surface area contributed by atoms with Crippen molar-refractivity contribution < 1.29 is 4.79 Å². The maximum atomic E-state index is 11.8. The van der Waals surface area contributed by atoms with Gasteiger partial charge in [-0.15, -0.1) is 0 Å². The molecule has 2 fully saturated rings. The van der Waals surface area contributed by atoms with E-state index in [0.29, 0.717) is 10.5 Å². The second-order valence-electron chi connectivity index (χ2n) is 4.34. The Bertz CT molecular complexity index is 195. The van der Waals surface area contributed by atoms with Gasteiger partial charge >= 0.3 is 0 Å². The van der Waals surface area contributed by atoms with Crippen molar-refractivity contribution in [2.45, 2.75) is 50.2 Å². The zero-order valence-electron chi connectivity index (χ0n) is 8.71. The molecule has 0 N–H and O–H groups in total. The van der Waals surface area contributed by atoms with E-state index in [9.17, 15) is 4.79 Å². The minimum atomic E-state index is 0.342. The molecule has 14 heavy (non-hydrogen) atoms. The fourth-order valence-electron chi connectivity index (χ4n) is 2.30. The lowest BCUT2D eigenvalue weighted by Gasteiger charge is -2.23. The lowest BCUT2D eigenvalue weighted by molar-refractivity contribution is 0.233. The van der Waals surface area contributed by atoms with Crippen LogP contribution in [-0.2, 0) is 0 Å². The van der Waals surface area contributed by atoms with Crippen molar-refractivity contribution in [3.63, 3.8) is 0 Å². The Morgan fingerprint density at radius 3 is 2.29 bits per heavy atom. The molecule has 2 nitrogen and oxygen atoms in total. The number of nitrogens with zero attached hydrogens (tertiary/aromatic N) is 1. The third-order valence-electron chi connectivity index (χ3n) is 3.18. The van der Waals surface area contributed by atoms with Gasteiger partial charge in [-0.1, -0.05) is 31.0 Å². The van der Waals surface area contributed by atoms with E-state index < -0.39 is 0 Å². The number of hydrogen-bond acceptors (Lipinski definition) is 2. The third kappa shape index (κ3) is 2.66. The predicted octanol–water partition coefficient (Wildman–Crippen LogP) is 3.27. The smallest absolute Gasteiger partial charge is 0.281 e. The van der Waals surface area contributed by atoms with E-state index in [-0.39, 0.29) is 0 Å². The SMILES string of the molecule is O=C(SC1CCCCC1)N1CCCC1. The molecule has 2 rings (SSSR count). The highest BCUT2D eigenvalue weighted by atomic mass is 32.2. The minimum Gasteiger partial charge on any atom is -0.334 e. The van der Waals surface area contributed by atoms with Crippen LogP contribution in [0.2, 0.25) is 0 Å². The zero-order valence-corrected chi connectivity index (χ0v) is 9.52. The van der Waals surface area contributed by atoms with Crippen LogP contribution in [0, 0.1) is 0 Å². The summed E-state index contributed by atoms with van der Waals surface area (Å²) in [4.78, 5) is 13.8. The van der Waals surface area contributed by atoms with Gasteiger partial charge in [0.1, 0.15) is 0 Å². The molecule has 3 heteroatoms. The summed E-state index contributed by atoms with van der Waals surface area (Å²) in [5, 5.41) is 0.964. The van der Waals surface area contributed by atoms with Crippen LogP contribution in [0.5, 0.6) is 0 Å². The van der Waals surface area contributed by atoms with E-state index >= 15 is 0 Å². The Morgan fingerprint density at radius 2 is 1.64 bits per heavy atom. The molecule has 1 saturated carbocycles. The molecular formula is C11H19NOS. The van der Waals surface area contributed by atoms with E-state index in [0.717, 1.165) is 13.1 Å². The van der Waals surface area contributed by atoms with Crippen molar-refractivity contribution in [1.82, 2.24) is 4.90 Å². The number of thioether (sulfide) groups is 1. The molecule has 1 heterocycles. The Hall–Kier alpha value is -0.180. The maximum Gasteiger partial charge on any atom is 0.281 e. The standard InChI is InChI=1S/C11H19NOS/c13-11(12-8-4-5-9-12)14-10-6-2-1-3-7-10/h10H,1-9H2. The number of carbonyl (C=O) groups excluding carboxylic acids is 1. The van der Waals surface area contributed by atoms with Gasteiger partial charge in [-0.05, 0) is 25.7 Å². The summed E-state index contributed by atoms with van der Waals surface area (Å²) in [7, 11) is 0. The maximum absolute atomic E-state index is 11.8. The van der Waals surface area contributed by atoms with Crippen LogP contribution in [0.4, 0.5) is 4.79 Å². The summed E-state index contributed by atoms with van der Waals surface area (Å²) in [5.41, 5.74) is 0. The van der Waals surface area contributed by atoms with E-state index in [1.807, 2.05) is 4.90 Å². The van der Waals surface area contributed by atoms with Crippen molar-refractivity contribution in [2.24, 2.45) is 0 Å². The summed E-state index contributed by atoms with van der Waals surface area (Å²) in [6.45, 7) is 2.00. The van der Waals surface area contributed by atoms with Crippen LogP contribution < -0.4 is 0 Å². The molecule has 0 atom stereocenters. The first-order valence-corrected chi connectivity index (χ1v) is 6.70. The molecule has 0 bridgehead atoms. The van der Waals surface area contributed by atoms with Gasteiger partial charge in [0.15, 0.2) is 0 Å². The van der Waals surface area contributed by atoms with E-state index in [1.165, 1.54) is 44.9 Å². The molecule has 80 valence electrons. The van der Waals surface area contributed by atoms with Gasteiger partial charge in [0.25, 0.3) is 5.24 Å². The summed E-state index contributed by atoms with van der Waals surface area (Å²) in [6, 6.07) is 0. The molecule has 1 aliphatic heterocycles. The van der Waals surface area contributed by atoms with Crippen molar-refractivity contribution in [3.05, 3.63) is 0 Å². The van der Waals surface area contributed by atoms with Crippen LogP contribution >= 0.6 is 11.8 Å². The van der Waals surface area contributed by atoms with Crippen molar-refractivity contribution in [3.8, 4) is 0 Å². The van der Waals surface area contributed by atoms with Crippen LogP contribution in [-0.4, -0.2) is 28.5 Å². The summed E-state index contributed by atoms with van der Waals surface area (Å²) >= 11 is 1.60. The van der Waals surface area contributed by atoms with Crippen molar-refractivity contribution >= 4 is 17.0 Å². The van der Waals surface area contributed by atoms with Gasteiger partial charge in [0.05, 0.1) is 0 Å². The lowest BCUT2D eigenvalue weighted by atomic mass is 10.0. The monoisotopic (exact) mass is 213 g/mol. The molecule has 0 aromatic carbocycles. The number of carbonyl (C=O) groups is 1. The molecule has 1 amide bonds. The van der Waals surface area contributed by atoms with Gasteiger partial charge in [0, 0.05) is 18.3 Å². The lowest BCUT2D eigenvalue weighted by Crippen LogP contribution is -2.26. The highest BCUT2D eigenvalue weighted by Gasteiger charge is 2.23. The van der Waals surface area contributed by atoms with Crippen LogP contribution in [0.25, 0.3) is 0 Å². The van der Waals surface area contributed by atoms with E-state index in [2.05, 4.69) is 0 Å². The molecule has 1 aliphatic carbocycles. The van der Waals surface area contributed by atoms with E-state index in [1.54, 1.807) is 11.8 Å². The molecule has 0 aromatic heterocycles. The number of hydrogen-bond donors (Lipinski definition) is 0. The minimum absolute atomic E-state index is 0.342. The summed E-state index contributed by atoms with van der Waals surface area (Å²) < 4.78 is 0. The van der Waals surface area contributed by atoms with Crippen LogP contribution in [0.1, 0.15) is 44.9 Å². The van der Waals surface area contributed by atoms with Gasteiger partial charge in [-0.25, -0.2) is 0 Å². The van der Waals surface area contributed by atoms with Gasteiger partial charge in [0.2, 0.25) is 0 Å². The molecule has 2 aliphatic rings. The Morgan fingerprint density at radius 1 is 1.00 bits per heavy atom. The number of rotatable bonds is 1. The fraction of sp³-hybridized carbons (Fsp3) is 0.909. The molecule has 0 unspecified atom stereocenters. The Labute approximate surface area is 90.4 Å². The first-order valence-electron chi connectivity index (χ1n) is 5.82. The normalized spacial score (nSPS) is 24.1. The highest BCUT2D eigenvalue weighted by molar-refractivity contribution is 8.14. The fourth-order valence-corrected chi connectivity index (χ4v) is 3.49. The number of likely N-dealkylation sites (tertiary alicyclic amines) is 1. The first kappa shape index (κ1) is 10.3. The second-order valence-corrected chi connectivity index (χ2v) is 5.59. The van der Waals surface area contributed by atoms with Crippen molar-refractivity contribution in [1.29, 1.82) is 0 Å². The topological polar surface area (TPSA) is 20.3 Å². The van der Waals surface area contributed by atoms with Crippen molar-refractivity contribution in [2.75, 3.05) is 13.1 Å². The largest absolute Gasteiger partial charge is 0.334 e. The zero-order chi connectivity index (χ0) is 9.80. The average molecular weight is 213 g/mol. The molecule has 1 saturated heterocycles. The Kier molecular flexibility index (Phi) is 3.74. The summed E-state index contributed by atoms with van der Waals surface area (Å²) in [5.74, 6) is 0. The molecule has 0 aromatic rings. The third-order valence-corrected chi connectivity index (χ3v) is 4.45. The first-order chi connectivity index (χ1) is 6.86. The van der Waals surface area contributed by atoms with Gasteiger partial charge in [-0.3, -0.25) is 4.79 Å². The Balaban J connectivity index is 1.75. The molecular weight excluding hydrogens is 194 g/mol. The molecule has 0 spiro atoms. The molecule has 0 radical (unpaired) electrons. The highest BCUT2D eigenvalue weighted by Crippen LogP contribution is 2.30. The predicted molar refractivity (Wildman–Crippen MR) is 60.7 cm³/mol. The average Bonchev–Trinajstić information content (AvgIpc) is 2.72. The quantitative estimate of drug-likeness (QED) is 0.666. The second kappa shape index (κ2) is 5.06. The summed E-state index contributed by atoms with van der Waals surface area (Å²) in [6.07, 6.45) is 8.94. The van der Waals surface area contributed by atoms with Gasteiger partial charge in [-0.2, -0.15) is 0 Å². The van der Waals surface area contributed by atoms with Gasteiger partial charge < -0.3 is 4.90 Å².